The van der Waals surface area contributed by atoms with E-state index in [9.17, 15) is 13.6 Å². The molecule has 0 aliphatic rings. The smallest absolute Gasteiger partial charge is 0.346 e. The van der Waals surface area contributed by atoms with E-state index in [4.69, 9.17) is 10.00 Å². The third kappa shape index (κ3) is 4.40. The number of hydrogen-bond donors (Lipinski definition) is 0. The molecule has 0 radical (unpaired) electrons. The number of ether oxygens (including phenoxy) is 1. The van der Waals surface area contributed by atoms with E-state index in [0.29, 0.717) is 17.5 Å². The van der Waals surface area contributed by atoms with Gasteiger partial charge in [0, 0.05) is 17.5 Å². The van der Waals surface area contributed by atoms with Gasteiger partial charge in [0.05, 0.1) is 5.56 Å². The molecule has 3 nitrogen and oxygen atoms in total. The van der Waals surface area contributed by atoms with Gasteiger partial charge >= 0.3 is 5.97 Å². The van der Waals surface area contributed by atoms with Crippen molar-refractivity contribution in [2.24, 2.45) is 0 Å². The molecule has 0 saturated carbocycles. The second-order valence-corrected chi connectivity index (χ2v) is 7.86. The van der Waals surface area contributed by atoms with Gasteiger partial charge in [0.1, 0.15) is 34.8 Å². The van der Waals surface area contributed by atoms with E-state index in [0.717, 1.165) is 30.0 Å². The fourth-order valence-corrected chi connectivity index (χ4v) is 3.93. The van der Waals surface area contributed by atoms with Crippen molar-refractivity contribution in [2.45, 2.75) is 32.6 Å². The minimum Gasteiger partial charge on any atom is -0.423 e. The zero-order chi connectivity index (χ0) is 23.5. The molecule has 4 rings (SSSR count). The van der Waals surface area contributed by atoms with E-state index in [1.54, 1.807) is 12.1 Å². The first kappa shape index (κ1) is 22.3. The highest BCUT2D eigenvalue weighted by Gasteiger charge is 2.19. The molecule has 166 valence electrons. The molecule has 0 spiro atoms. The summed E-state index contributed by atoms with van der Waals surface area (Å²) >= 11 is 0. The van der Waals surface area contributed by atoms with Gasteiger partial charge < -0.3 is 4.74 Å². The van der Waals surface area contributed by atoms with Crippen LogP contribution in [0, 0.1) is 28.8 Å². The first-order valence-corrected chi connectivity index (χ1v) is 10.7. The lowest BCUT2D eigenvalue weighted by atomic mass is 9.97. The zero-order valence-corrected chi connectivity index (χ0v) is 17.9. The minimum absolute atomic E-state index is 0.243. The predicted molar refractivity (Wildman–Crippen MR) is 121 cm³/mol. The first-order valence-electron chi connectivity index (χ1n) is 10.7. The van der Waals surface area contributed by atoms with Gasteiger partial charge in [-0.05, 0) is 40.6 Å². The summed E-state index contributed by atoms with van der Waals surface area (Å²) in [5.74, 6) is -4.66. The Bertz CT molecular complexity index is 1400. The van der Waals surface area contributed by atoms with E-state index < -0.39 is 34.7 Å². The SMILES string of the molecule is CCCCCc1ccc2c(ccc3c(F)c(C(=O)Oc4cc(F)c(C#N)c(F)c4)ccc32)c1. The van der Waals surface area contributed by atoms with Crippen LogP contribution in [0.4, 0.5) is 13.2 Å². The Morgan fingerprint density at radius 1 is 0.909 bits per heavy atom. The van der Waals surface area contributed by atoms with Crippen LogP contribution in [0.2, 0.25) is 0 Å². The van der Waals surface area contributed by atoms with Crippen LogP contribution in [-0.2, 0) is 6.42 Å². The Kier molecular flexibility index (Phi) is 6.32. The number of nitrogens with zero attached hydrogens (tertiary/aromatic N) is 1. The summed E-state index contributed by atoms with van der Waals surface area (Å²) in [5.41, 5.74) is 0.0770. The minimum atomic E-state index is -1.17. The Morgan fingerprint density at radius 3 is 2.30 bits per heavy atom. The maximum absolute atomic E-state index is 15.2. The van der Waals surface area contributed by atoms with Crippen LogP contribution in [0.1, 0.15) is 47.7 Å². The summed E-state index contributed by atoms with van der Waals surface area (Å²) < 4.78 is 47.8. The van der Waals surface area contributed by atoms with Crippen molar-refractivity contribution in [3.63, 3.8) is 0 Å². The number of benzene rings is 4. The van der Waals surface area contributed by atoms with Gasteiger partial charge in [-0.1, -0.05) is 56.2 Å². The van der Waals surface area contributed by atoms with Crippen molar-refractivity contribution < 1.29 is 22.7 Å². The van der Waals surface area contributed by atoms with Gasteiger partial charge in [-0.15, -0.1) is 0 Å². The Hall–Kier alpha value is -3.85. The molecule has 4 aromatic carbocycles. The number of carbonyl (C=O) groups is 1. The second kappa shape index (κ2) is 9.33. The van der Waals surface area contributed by atoms with Gasteiger partial charge in [0.25, 0.3) is 0 Å². The maximum atomic E-state index is 15.2. The van der Waals surface area contributed by atoms with E-state index in [1.807, 2.05) is 18.2 Å². The van der Waals surface area contributed by atoms with Crippen molar-refractivity contribution >= 4 is 27.5 Å². The molecular formula is C27H20F3NO2. The monoisotopic (exact) mass is 447 g/mol. The molecule has 0 fully saturated rings. The van der Waals surface area contributed by atoms with Gasteiger partial charge in [0.2, 0.25) is 0 Å². The molecule has 0 saturated heterocycles. The second-order valence-electron chi connectivity index (χ2n) is 7.86. The Balaban J connectivity index is 1.66. The van der Waals surface area contributed by atoms with Crippen LogP contribution in [0.5, 0.6) is 5.75 Å². The van der Waals surface area contributed by atoms with Crippen molar-refractivity contribution in [3.05, 3.63) is 88.7 Å². The van der Waals surface area contributed by atoms with E-state index in [1.165, 1.54) is 24.1 Å². The van der Waals surface area contributed by atoms with Crippen molar-refractivity contribution in [2.75, 3.05) is 0 Å². The molecule has 0 aliphatic carbocycles. The lowest BCUT2D eigenvalue weighted by molar-refractivity contribution is 0.0729. The molecule has 0 amide bonds. The Morgan fingerprint density at radius 2 is 1.61 bits per heavy atom. The van der Waals surface area contributed by atoms with Crippen molar-refractivity contribution in [1.29, 1.82) is 5.26 Å². The molecule has 0 aromatic heterocycles. The van der Waals surface area contributed by atoms with Gasteiger partial charge in [-0.3, -0.25) is 0 Å². The number of unbranched alkanes of at least 4 members (excludes halogenated alkanes) is 2. The quantitative estimate of drug-likeness (QED) is 0.136. The topological polar surface area (TPSA) is 50.1 Å². The number of esters is 1. The van der Waals surface area contributed by atoms with E-state index in [-0.39, 0.29) is 10.9 Å². The molecule has 6 heteroatoms. The molecule has 0 unspecified atom stereocenters. The third-order valence-electron chi connectivity index (χ3n) is 5.64. The van der Waals surface area contributed by atoms with Crippen LogP contribution >= 0.6 is 0 Å². The molecule has 4 aromatic rings. The standard InChI is InChI=1S/C27H20F3NO2/c1-2-3-4-5-16-6-8-19-17(12-16)7-9-21-20(19)10-11-22(26(21)30)27(32)33-18-13-24(28)23(15-31)25(29)14-18/h6-14H,2-5H2,1H3. The highest BCUT2D eigenvalue weighted by atomic mass is 19.1. The first-order chi connectivity index (χ1) is 15.9. The molecule has 0 atom stereocenters. The van der Waals surface area contributed by atoms with E-state index in [2.05, 4.69) is 13.0 Å². The van der Waals surface area contributed by atoms with E-state index >= 15 is 4.39 Å². The summed E-state index contributed by atoms with van der Waals surface area (Å²) in [4.78, 5) is 12.5. The number of rotatable bonds is 6. The number of halogens is 3. The summed E-state index contributed by atoms with van der Waals surface area (Å²) in [7, 11) is 0. The number of nitriles is 1. The van der Waals surface area contributed by atoms with Gasteiger partial charge in [0.15, 0.2) is 0 Å². The number of fused-ring (bicyclic) bond motifs is 3. The van der Waals surface area contributed by atoms with Crippen LogP contribution in [0.3, 0.4) is 0 Å². The summed E-state index contributed by atoms with van der Waals surface area (Å²) in [5, 5.41) is 11.5. The summed E-state index contributed by atoms with van der Waals surface area (Å²) in [6, 6.07) is 15.2. The van der Waals surface area contributed by atoms with Crippen LogP contribution in [0.25, 0.3) is 21.5 Å². The predicted octanol–water partition coefficient (Wildman–Crippen LogP) is 7.23. The fourth-order valence-electron chi connectivity index (χ4n) is 3.93. The molecule has 0 heterocycles. The van der Waals surface area contributed by atoms with Crippen LogP contribution in [-0.4, -0.2) is 5.97 Å². The normalized spacial score (nSPS) is 11.0. The van der Waals surface area contributed by atoms with Crippen molar-refractivity contribution in [3.8, 4) is 11.8 Å². The number of hydrogen-bond acceptors (Lipinski definition) is 3. The molecule has 33 heavy (non-hydrogen) atoms. The summed E-state index contributed by atoms with van der Waals surface area (Å²) in [6.45, 7) is 2.16. The average Bonchev–Trinajstić information content (AvgIpc) is 2.79. The molecule has 0 bridgehead atoms. The number of carbonyl (C=O) groups excluding carboxylic acids is 1. The third-order valence-corrected chi connectivity index (χ3v) is 5.64. The lowest BCUT2D eigenvalue weighted by Gasteiger charge is -2.11. The highest BCUT2D eigenvalue weighted by Crippen LogP contribution is 2.30. The fraction of sp³-hybridized carbons (Fsp3) is 0.185. The zero-order valence-electron chi connectivity index (χ0n) is 17.9. The van der Waals surface area contributed by atoms with Gasteiger partial charge in [-0.2, -0.15) is 5.26 Å². The van der Waals surface area contributed by atoms with Gasteiger partial charge in [-0.25, -0.2) is 18.0 Å². The van der Waals surface area contributed by atoms with Crippen molar-refractivity contribution in [1.82, 2.24) is 0 Å². The molecular weight excluding hydrogens is 427 g/mol. The largest absolute Gasteiger partial charge is 0.423 e. The van der Waals surface area contributed by atoms with Crippen LogP contribution in [0.15, 0.2) is 54.6 Å². The highest BCUT2D eigenvalue weighted by molar-refractivity contribution is 6.09. The molecule has 0 N–H and O–H groups in total. The summed E-state index contributed by atoms with van der Waals surface area (Å²) in [6.07, 6.45) is 4.42. The number of aryl methyl sites for hydroxylation is 1. The average molecular weight is 447 g/mol. The maximum Gasteiger partial charge on any atom is 0.346 e. The van der Waals surface area contributed by atoms with Crippen LogP contribution < -0.4 is 4.74 Å². The Labute approximate surface area is 189 Å². The lowest BCUT2D eigenvalue weighted by Crippen LogP contribution is -2.11. The molecule has 0 aliphatic heterocycles.